The zero-order chi connectivity index (χ0) is 17.8. The number of nitrogens with zero attached hydrogens (tertiary/aromatic N) is 1. The Morgan fingerprint density at radius 3 is 2.36 bits per heavy atom. The molecule has 0 spiro atoms. The van der Waals surface area contributed by atoms with Crippen LogP contribution in [0.1, 0.15) is 60.1 Å². The van der Waals surface area contributed by atoms with Crippen LogP contribution in [0.4, 0.5) is 0 Å². The van der Waals surface area contributed by atoms with Gasteiger partial charge in [0.15, 0.2) is 0 Å². The van der Waals surface area contributed by atoms with Crippen molar-refractivity contribution in [1.29, 1.82) is 0 Å². The average Bonchev–Trinajstić information content (AvgIpc) is 2.67. The summed E-state index contributed by atoms with van der Waals surface area (Å²) in [6, 6.07) is 17.5. The molecule has 1 amide bonds. The van der Waals surface area contributed by atoms with Gasteiger partial charge >= 0.3 is 0 Å². The number of amides is 1. The number of aldehydes is 1. The standard InChI is InChI=1S/C22H25NO2/c1-16(2)17-10-12-18(13-11-17)21-20(15-24)9-6-14-23(21)22(25)19-7-4-3-5-8-19/h3-5,7-8,10-13,15-16,20-21H,6,9,14H2,1-2H3. The second kappa shape index (κ2) is 7.64. The minimum Gasteiger partial charge on any atom is -0.331 e. The van der Waals surface area contributed by atoms with Gasteiger partial charge in [-0.3, -0.25) is 4.79 Å². The van der Waals surface area contributed by atoms with E-state index >= 15 is 0 Å². The fraction of sp³-hybridized carbons (Fsp3) is 0.364. The minimum absolute atomic E-state index is 0.00471. The van der Waals surface area contributed by atoms with Gasteiger partial charge < -0.3 is 9.69 Å². The van der Waals surface area contributed by atoms with Gasteiger partial charge in [0.05, 0.1) is 6.04 Å². The molecule has 2 aromatic rings. The maximum Gasteiger partial charge on any atom is 0.254 e. The lowest BCUT2D eigenvalue weighted by Crippen LogP contribution is -2.43. The summed E-state index contributed by atoms with van der Waals surface area (Å²) in [5.74, 6) is 0.320. The summed E-state index contributed by atoms with van der Waals surface area (Å²) in [5.41, 5.74) is 2.99. The molecule has 3 heteroatoms. The Balaban J connectivity index is 1.95. The van der Waals surface area contributed by atoms with Crippen molar-refractivity contribution in [2.45, 2.75) is 38.6 Å². The minimum atomic E-state index is -0.180. The van der Waals surface area contributed by atoms with Crippen LogP contribution in [0.5, 0.6) is 0 Å². The lowest BCUT2D eigenvalue weighted by Gasteiger charge is -2.39. The quantitative estimate of drug-likeness (QED) is 0.766. The smallest absolute Gasteiger partial charge is 0.254 e. The van der Waals surface area contributed by atoms with Gasteiger partial charge in [0.25, 0.3) is 5.91 Å². The van der Waals surface area contributed by atoms with Crippen molar-refractivity contribution in [3.63, 3.8) is 0 Å². The predicted octanol–water partition coefficient (Wildman–Crippen LogP) is 4.60. The third-order valence-corrected chi connectivity index (χ3v) is 5.08. The largest absolute Gasteiger partial charge is 0.331 e. The van der Waals surface area contributed by atoms with Crippen LogP contribution in [0.25, 0.3) is 0 Å². The van der Waals surface area contributed by atoms with Crippen molar-refractivity contribution in [2.24, 2.45) is 5.92 Å². The normalized spacial score (nSPS) is 20.5. The number of piperidine rings is 1. The van der Waals surface area contributed by atoms with Crippen LogP contribution < -0.4 is 0 Å². The summed E-state index contributed by atoms with van der Waals surface area (Å²) >= 11 is 0. The van der Waals surface area contributed by atoms with Gasteiger partial charge in [0.1, 0.15) is 6.29 Å². The highest BCUT2D eigenvalue weighted by molar-refractivity contribution is 5.94. The monoisotopic (exact) mass is 335 g/mol. The zero-order valence-electron chi connectivity index (χ0n) is 14.9. The van der Waals surface area contributed by atoms with E-state index in [0.29, 0.717) is 18.0 Å². The molecule has 1 saturated heterocycles. The molecule has 1 heterocycles. The van der Waals surface area contributed by atoms with Crippen molar-refractivity contribution in [1.82, 2.24) is 4.90 Å². The second-order valence-electron chi connectivity index (χ2n) is 7.07. The van der Waals surface area contributed by atoms with Gasteiger partial charge in [-0.2, -0.15) is 0 Å². The molecule has 2 atom stereocenters. The van der Waals surface area contributed by atoms with Crippen molar-refractivity contribution < 1.29 is 9.59 Å². The number of hydrogen-bond acceptors (Lipinski definition) is 2. The van der Waals surface area contributed by atoms with Crippen LogP contribution in [0, 0.1) is 5.92 Å². The highest BCUT2D eigenvalue weighted by atomic mass is 16.2. The molecule has 1 fully saturated rings. The molecule has 25 heavy (non-hydrogen) atoms. The summed E-state index contributed by atoms with van der Waals surface area (Å²) in [7, 11) is 0. The molecule has 1 aliphatic rings. The van der Waals surface area contributed by atoms with Gasteiger partial charge in [-0.25, -0.2) is 0 Å². The highest BCUT2D eigenvalue weighted by Gasteiger charge is 2.35. The van der Waals surface area contributed by atoms with Crippen LogP contribution in [-0.4, -0.2) is 23.6 Å². The molecule has 3 nitrogen and oxygen atoms in total. The first-order valence-electron chi connectivity index (χ1n) is 9.03. The van der Waals surface area contributed by atoms with E-state index in [4.69, 9.17) is 0 Å². The van der Waals surface area contributed by atoms with Gasteiger partial charge in [0.2, 0.25) is 0 Å². The molecule has 2 unspecified atom stereocenters. The molecule has 0 radical (unpaired) electrons. The first-order valence-corrected chi connectivity index (χ1v) is 9.03. The molecule has 3 rings (SSSR count). The number of rotatable bonds is 4. The Morgan fingerprint density at radius 1 is 1.08 bits per heavy atom. The molecule has 0 aliphatic carbocycles. The van der Waals surface area contributed by atoms with Crippen molar-refractivity contribution in [3.8, 4) is 0 Å². The van der Waals surface area contributed by atoms with Gasteiger partial charge in [0, 0.05) is 18.0 Å². The van der Waals surface area contributed by atoms with E-state index < -0.39 is 0 Å². The van der Waals surface area contributed by atoms with E-state index in [1.807, 2.05) is 35.2 Å². The van der Waals surface area contributed by atoms with Crippen LogP contribution in [0.3, 0.4) is 0 Å². The summed E-state index contributed by atoms with van der Waals surface area (Å²) in [6.45, 7) is 5.01. The fourth-order valence-corrected chi connectivity index (χ4v) is 3.65. The van der Waals surface area contributed by atoms with Gasteiger partial charge in [-0.15, -0.1) is 0 Å². The van der Waals surface area contributed by atoms with E-state index in [-0.39, 0.29) is 17.9 Å². The Morgan fingerprint density at radius 2 is 1.76 bits per heavy atom. The lowest BCUT2D eigenvalue weighted by atomic mass is 9.84. The molecule has 0 N–H and O–H groups in total. The van der Waals surface area contributed by atoms with Gasteiger partial charge in [-0.1, -0.05) is 56.3 Å². The molecule has 0 bridgehead atoms. The van der Waals surface area contributed by atoms with Crippen LogP contribution in [0.2, 0.25) is 0 Å². The SMILES string of the molecule is CC(C)c1ccc(C2C(C=O)CCCN2C(=O)c2ccccc2)cc1. The van der Waals surface area contributed by atoms with E-state index in [0.717, 1.165) is 24.7 Å². The van der Waals surface area contributed by atoms with Gasteiger partial charge in [-0.05, 0) is 42.0 Å². The third kappa shape index (κ3) is 3.65. The molecular formula is C22H25NO2. The maximum absolute atomic E-state index is 13.0. The van der Waals surface area contributed by atoms with Crippen LogP contribution in [0.15, 0.2) is 54.6 Å². The highest BCUT2D eigenvalue weighted by Crippen LogP contribution is 2.36. The van der Waals surface area contributed by atoms with Crippen molar-refractivity contribution in [2.75, 3.05) is 6.54 Å². The van der Waals surface area contributed by atoms with Crippen LogP contribution in [-0.2, 0) is 4.79 Å². The van der Waals surface area contributed by atoms with E-state index in [1.54, 1.807) is 0 Å². The predicted molar refractivity (Wildman–Crippen MR) is 99.5 cm³/mol. The molecule has 130 valence electrons. The van der Waals surface area contributed by atoms with Crippen LogP contribution >= 0.6 is 0 Å². The molecule has 0 saturated carbocycles. The summed E-state index contributed by atoms with van der Waals surface area (Å²) in [6.07, 6.45) is 2.71. The molecule has 2 aromatic carbocycles. The number of hydrogen-bond donors (Lipinski definition) is 0. The summed E-state index contributed by atoms with van der Waals surface area (Å²) in [4.78, 5) is 26.6. The van der Waals surface area contributed by atoms with Crippen molar-refractivity contribution >= 4 is 12.2 Å². The number of likely N-dealkylation sites (tertiary alicyclic amines) is 1. The first-order chi connectivity index (χ1) is 12.1. The third-order valence-electron chi connectivity index (χ3n) is 5.08. The summed E-state index contributed by atoms with van der Waals surface area (Å²) < 4.78 is 0. The lowest BCUT2D eigenvalue weighted by molar-refractivity contribution is -0.114. The Hall–Kier alpha value is -2.42. The first kappa shape index (κ1) is 17.4. The number of benzene rings is 2. The number of carbonyl (C=O) groups is 2. The molecule has 0 aromatic heterocycles. The fourth-order valence-electron chi connectivity index (χ4n) is 3.65. The van der Waals surface area contributed by atoms with Crippen molar-refractivity contribution in [3.05, 3.63) is 71.3 Å². The van der Waals surface area contributed by atoms with E-state index in [2.05, 4.69) is 38.1 Å². The topological polar surface area (TPSA) is 37.4 Å². The Labute approximate surface area is 149 Å². The zero-order valence-corrected chi connectivity index (χ0v) is 14.9. The molecule has 1 aliphatic heterocycles. The molecular weight excluding hydrogens is 310 g/mol. The second-order valence-corrected chi connectivity index (χ2v) is 7.07. The Kier molecular flexibility index (Phi) is 5.32. The average molecular weight is 335 g/mol. The van der Waals surface area contributed by atoms with E-state index in [1.165, 1.54) is 5.56 Å². The Bertz CT molecular complexity index is 721. The maximum atomic E-state index is 13.0. The summed E-state index contributed by atoms with van der Waals surface area (Å²) in [5, 5.41) is 0. The number of carbonyl (C=O) groups excluding carboxylic acids is 2. The van der Waals surface area contributed by atoms with E-state index in [9.17, 15) is 9.59 Å².